The molecule has 4 saturated carbocycles. The van der Waals surface area contributed by atoms with E-state index in [1.54, 1.807) is 24.5 Å². The van der Waals surface area contributed by atoms with Crippen LogP contribution in [0.3, 0.4) is 0 Å². The van der Waals surface area contributed by atoms with E-state index in [4.69, 9.17) is 9.15 Å². The largest absolute Gasteiger partial charge is 0.467 e. The van der Waals surface area contributed by atoms with E-state index in [-0.39, 0.29) is 24.0 Å². The molecule has 0 radical (unpaired) electrons. The summed E-state index contributed by atoms with van der Waals surface area (Å²) in [5.74, 6) is 2.33. The van der Waals surface area contributed by atoms with Crippen LogP contribution in [0.15, 0.2) is 45.9 Å². The summed E-state index contributed by atoms with van der Waals surface area (Å²) in [7, 11) is 0. The average molecular weight is 481 g/mol. The molecule has 8 heteroatoms. The minimum Gasteiger partial charge on any atom is -0.467 e. The van der Waals surface area contributed by atoms with E-state index >= 15 is 0 Å². The fourth-order valence-electron chi connectivity index (χ4n) is 6.97. The summed E-state index contributed by atoms with van der Waals surface area (Å²) in [6.45, 7) is 0.0944. The van der Waals surface area contributed by atoms with Gasteiger partial charge in [-0.1, -0.05) is 0 Å². The van der Waals surface area contributed by atoms with Gasteiger partial charge in [0.25, 0.3) is 5.91 Å². The number of nitrogens with zero attached hydrogens (tertiary/aromatic N) is 1. The highest BCUT2D eigenvalue weighted by molar-refractivity contribution is 8.00. The van der Waals surface area contributed by atoms with Crippen LogP contribution >= 0.6 is 11.8 Å². The lowest BCUT2D eigenvalue weighted by atomic mass is 9.52. The van der Waals surface area contributed by atoms with Crippen molar-refractivity contribution in [3.8, 4) is 0 Å². The van der Waals surface area contributed by atoms with Crippen molar-refractivity contribution >= 4 is 35.2 Å². The van der Waals surface area contributed by atoms with Crippen molar-refractivity contribution in [3.05, 3.63) is 47.9 Å². The number of carbonyl (C=O) groups is 3. The van der Waals surface area contributed by atoms with E-state index in [0.717, 1.165) is 29.9 Å². The number of esters is 1. The summed E-state index contributed by atoms with van der Waals surface area (Å²) >= 11 is 1.43. The second-order valence-corrected chi connectivity index (χ2v) is 11.3. The van der Waals surface area contributed by atoms with Gasteiger partial charge in [0.05, 0.1) is 29.8 Å². The van der Waals surface area contributed by atoms with Gasteiger partial charge in [-0.2, -0.15) is 0 Å². The fraction of sp³-hybridized carbons (Fsp3) is 0.500. The molecule has 1 aromatic carbocycles. The van der Waals surface area contributed by atoms with Crippen molar-refractivity contribution in [2.45, 2.75) is 55.5 Å². The molecule has 0 saturated heterocycles. The van der Waals surface area contributed by atoms with Crippen molar-refractivity contribution < 1.29 is 23.5 Å². The molecule has 5 aliphatic rings. The molecular formula is C26H28N2O5S. The van der Waals surface area contributed by atoms with E-state index in [1.807, 2.05) is 17.0 Å². The van der Waals surface area contributed by atoms with Crippen molar-refractivity contribution in [2.24, 2.45) is 17.8 Å². The Morgan fingerprint density at radius 1 is 1.12 bits per heavy atom. The zero-order chi connectivity index (χ0) is 23.3. The Balaban J connectivity index is 1.18. The van der Waals surface area contributed by atoms with E-state index in [0.29, 0.717) is 41.3 Å². The number of hydrogen-bond donors (Lipinski definition) is 1. The molecule has 7 rings (SSSR count). The molecule has 1 aliphatic heterocycles. The molecule has 4 aliphatic carbocycles. The molecule has 2 heterocycles. The van der Waals surface area contributed by atoms with Crippen LogP contribution in [-0.4, -0.2) is 40.6 Å². The molecule has 4 bridgehead atoms. The SMILES string of the molecule is O=C1CSc2ccc(C(=O)OCC(=O)N(Cc3ccco3)C34CC5CC(CC(C5)C3)C4)cc2N1. The summed E-state index contributed by atoms with van der Waals surface area (Å²) in [6, 6.07) is 8.83. The van der Waals surface area contributed by atoms with Gasteiger partial charge in [0.1, 0.15) is 5.76 Å². The van der Waals surface area contributed by atoms with Gasteiger partial charge in [0.2, 0.25) is 5.91 Å². The Labute approximate surface area is 202 Å². The van der Waals surface area contributed by atoms with Gasteiger partial charge in [0, 0.05) is 10.4 Å². The minimum absolute atomic E-state index is 0.0951. The van der Waals surface area contributed by atoms with Crippen LogP contribution in [-0.2, 0) is 20.9 Å². The van der Waals surface area contributed by atoms with Gasteiger partial charge < -0.3 is 19.4 Å². The predicted octanol–water partition coefficient (Wildman–Crippen LogP) is 4.48. The van der Waals surface area contributed by atoms with Crippen LogP contribution in [0.1, 0.15) is 54.6 Å². The van der Waals surface area contributed by atoms with Crippen LogP contribution in [0.2, 0.25) is 0 Å². The Kier molecular flexibility index (Phi) is 5.43. The zero-order valence-electron chi connectivity index (χ0n) is 19.0. The second kappa shape index (κ2) is 8.48. The molecule has 1 aromatic heterocycles. The van der Waals surface area contributed by atoms with Gasteiger partial charge >= 0.3 is 5.97 Å². The first-order chi connectivity index (χ1) is 16.5. The average Bonchev–Trinajstić information content (AvgIpc) is 3.33. The molecule has 2 aromatic rings. The minimum atomic E-state index is -0.565. The number of amides is 2. The van der Waals surface area contributed by atoms with Crippen LogP contribution in [0, 0.1) is 17.8 Å². The van der Waals surface area contributed by atoms with Crippen molar-refractivity contribution in [1.82, 2.24) is 4.90 Å². The lowest BCUT2D eigenvalue weighted by Gasteiger charge is -2.60. The number of rotatable bonds is 6. The van der Waals surface area contributed by atoms with Crippen molar-refractivity contribution in [1.29, 1.82) is 0 Å². The van der Waals surface area contributed by atoms with Gasteiger partial charge in [-0.05, 0) is 86.6 Å². The van der Waals surface area contributed by atoms with Gasteiger partial charge in [-0.3, -0.25) is 9.59 Å². The first-order valence-corrected chi connectivity index (χ1v) is 13.0. The highest BCUT2D eigenvalue weighted by Crippen LogP contribution is 2.58. The molecule has 7 nitrogen and oxygen atoms in total. The third-order valence-electron chi connectivity index (χ3n) is 7.95. The van der Waals surface area contributed by atoms with E-state index in [9.17, 15) is 14.4 Å². The van der Waals surface area contributed by atoms with Crippen LogP contribution in [0.4, 0.5) is 5.69 Å². The smallest absolute Gasteiger partial charge is 0.338 e. The Hall–Kier alpha value is -2.74. The number of anilines is 1. The summed E-state index contributed by atoms with van der Waals surface area (Å²) in [4.78, 5) is 40.9. The molecule has 2 amide bonds. The Bertz CT molecular complexity index is 1090. The monoisotopic (exact) mass is 480 g/mol. The molecule has 4 fully saturated rings. The third-order valence-corrected chi connectivity index (χ3v) is 9.02. The number of thioether (sulfide) groups is 1. The number of hydrogen-bond acceptors (Lipinski definition) is 6. The standard InChI is InChI=1S/C26H28N2O5S/c29-23-15-34-22-4-3-19(9-21(22)27-23)25(31)33-14-24(30)28(13-20-2-1-5-32-20)26-10-16-6-17(11-26)8-18(7-16)12-26/h1-5,9,16-18H,6-8,10-15H2,(H,27,29). The summed E-state index contributed by atoms with van der Waals surface area (Å²) in [6.07, 6.45) is 8.56. The first kappa shape index (κ1) is 21.8. The Morgan fingerprint density at radius 2 is 1.85 bits per heavy atom. The first-order valence-electron chi connectivity index (χ1n) is 12.0. The normalized spacial score (nSPS) is 28.8. The molecule has 0 unspecified atom stereocenters. The van der Waals surface area contributed by atoms with E-state index < -0.39 is 5.97 Å². The summed E-state index contributed by atoms with van der Waals surface area (Å²) in [5, 5.41) is 2.78. The van der Waals surface area contributed by atoms with Gasteiger partial charge in [-0.15, -0.1) is 11.8 Å². The molecule has 0 spiro atoms. The third kappa shape index (κ3) is 4.02. The van der Waals surface area contributed by atoms with E-state index in [1.165, 1.54) is 31.0 Å². The van der Waals surface area contributed by atoms with Crippen LogP contribution in [0.25, 0.3) is 0 Å². The maximum absolute atomic E-state index is 13.5. The number of carbonyl (C=O) groups excluding carboxylic acids is 3. The Morgan fingerprint density at radius 3 is 2.53 bits per heavy atom. The highest BCUT2D eigenvalue weighted by atomic mass is 32.2. The second-order valence-electron chi connectivity index (χ2n) is 10.3. The van der Waals surface area contributed by atoms with Crippen LogP contribution in [0.5, 0.6) is 0 Å². The van der Waals surface area contributed by atoms with Crippen molar-refractivity contribution in [3.63, 3.8) is 0 Å². The molecule has 0 atom stereocenters. The van der Waals surface area contributed by atoms with Gasteiger partial charge in [-0.25, -0.2) is 4.79 Å². The lowest BCUT2D eigenvalue weighted by molar-refractivity contribution is -0.156. The maximum Gasteiger partial charge on any atom is 0.338 e. The zero-order valence-corrected chi connectivity index (χ0v) is 19.8. The summed E-state index contributed by atoms with van der Waals surface area (Å²) in [5.41, 5.74) is 0.759. The number of nitrogens with one attached hydrogen (secondary N) is 1. The quantitative estimate of drug-likeness (QED) is 0.614. The van der Waals surface area contributed by atoms with Crippen LogP contribution < -0.4 is 5.32 Å². The molecular weight excluding hydrogens is 452 g/mol. The van der Waals surface area contributed by atoms with E-state index in [2.05, 4.69) is 5.32 Å². The highest BCUT2D eigenvalue weighted by Gasteiger charge is 2.54. The number of fused-ring (bicyclic) bond motifs is 1. The summed E-state index contributed by atoms with van der Waals surface area (Å²) < 4.78 is 11.1. The topological polar surface area (TPSA) is 88.9 Å². The number of ether oxygens (including phenoxy) is 1. The lowest BCUT2D eigenvalue weighted by Crippen LogP contribution is -2.61. The van der Waals surface area contributed by atoms with Gasteiger partial charge in [0.15, 0.2) is 6.61 Å². The molecule has 1 N–H and O–H groups in total. The molecule has 34 heavy (non-hydrogen) atoms. The molecule has 178 valence electrons. The number of furan rings is 1. The van der Waals surface area contributed by atoms with Crippen molar-refractivity contribution in [2.75, 3.05) is 17.7 Å². The predicted molar refractivity (Wildman–Crippen MR) is 126 cm³/mol. The number of benzene rings is 1. The maximum atomic E-state index is 13.5. The fourth-order valence-corrected chi connectivity index (χ4v) is 7.76.